The van der Waals surface area contributed by atoms with E-state index < -0.39 is 108 Å². The van der Waals surface area contributed by atoms with Crippen LogP contribution in [-0.2, 0) is 92.7 Å². The van der Waals surface area contributed by atoms with E-state index in [2.05, 4.69) is 57.7 Å². The number of hydrogen-bond donors (Lipinski definition) is 7. The number of benzene rings is 2. The number of nitrogen functional groups attached to an aromatic ring is 2. The Bertz CT molecular complexity index is 5290. The van der Waals surface area contributed by atoms with E-state index in [-0.39, 0.29) is 114 Å². The van der Waals surface area contributed by atoms with Gasteiger partial charge in [-0.05, 0) is 142 Å². The molecule has 5 aliphatic heterocycles. The summed E-state index contributed by atoms with van der Waals surface area (Å²) in [5, 5.41) is 35.0. The number of methoxy groups -OCH3 is 3. The Morgan fingerprint density at radius 3 is 2.21 bits per heavy atom. The van der Waals surface area contributed by atoms with Crippen LogP contribution in [0.25, 0.3) is 33.4 Å². The summed E-state index contributed by atoms with van der Waals surface area (Å²) in [4.78, 5) is 150. The van der Waals surface area contributed by atoms with E-state index in [1.165, 1.54) is 38.5 Å². The van der Waals surface area contributed by atoms with E-state index in [1.54, 1.807) is 59.3 Å². The highest BCUT2D eigenvalue weighted by atomic mass is 16.6. The molecule has 131 heavy (non-hydrogen) atoms. The van der Waals surface area contributed by atoms with E-state index in [0.717, 1.165) is 27.2 Å². The van der Waals surface area contributed by atoms with Crippen molar-refractivity contribution in [3.63, 3.8) is 0 Å². The van der Waals surface area contributed by atoms with Gasteiger partial charge in [0.05, 0.1) is 68.7 Å². The summed E-state index contributed by atoms with van der Waals surface area (Å²) in [5.41, 5.74) is 27.8. The quantitative estimate of drug-likeness (QED) is 0.0132. The lowest BCUT2D eigenvalue weighted by molar-refractivity contribution is -0.265. The van der Waals surface area contributed by atoms with Crippen molar-refractivity contribution >= 4 is 93.0 Å². The number of alkyl carbamates (subject to hydrolysis) is 1. The lowest BCUT2D eigenvalue weighted by Crippen LogP contribution is -2.61. The number of cyclic esters (lactones) is 1. The van der Waals surface area contributed by atoms with Gasteiger partial charge in [0, 0.05) is 153 Å². The lowest BCUT2D eigenvalue weighted by Gasteiger charge is -2.42. The predicted molar refractivity (Wildman–Crippen MR) is 484 cm³/mol. The van der Waals surface area contributed by atoms with Gasteiger partial charge in [0.2, 0.25) is 23.6 Å². The van der Waals surface area contributed by atoms with Crippen LogP contribution in [0.15, 0.2) is 120 Å². The van der Waals surface area contributed by atoms with Crippen LogP contribution in [0.1, 0.15) is 158 Å². The van der Waals surface area contributed by atoms with Crippen LogP contribution in [0.3, 0.4) is 0 Å². The summed E-state index contributed by atoms with van der Waals surface area (Å²) in [6.45, 7) is 15.6. The van der Waals surface area contributed by atoms with E-state index in [4.69, 9.17) is 64.6 Å². The molecule has 10 N–H and O–H groups in total. The van der Waals surface area contributed by atoms with Gasteiger partial charge < -0.3 is 100.0 Å². The van der Waals surface area contributed by atoms with Gasteiger partial charge in [-0.3, -0.25) is 28.8 Å². The van der Waals surface area contributed by atoms with Gasteiger partial charge in [-0.15, -0.1) is 0 Å². The smallest absolute Gasteiger partial charge is 0.407 e. The molecule has 5 aromatic heterocycles. The number of anilines is 4. The normalized spacial score (nSPS) is 27.1. The Balaban J connectivity index is 0.525. The van der Waals surface area contributed by atoms with Crippen LogP contribution in [-0.4, -0.2) is 266 Å². The molecule has 2 bridgehead atoms. The number of fused-ring (bicyclic) bond motifs is 6. The van der Waals surface area contributed by atoms with Gasteiger partial charge in [0.1, 0.15) is 59.6 Å². The maximum absolute atomic E-state index is 14.8. The first-order valence-electron chi connectivity index (χ1n) is 45.3. The van der Waals surface area contributed by atoms with Gasteiger partial charge >= 0.3 is 12.1 Å². The van der Waals surface area contributed by atoms with Gasteiger partial charge in [-0.1, -0.05) is 82.4 Å². The minimum atomic E-state index is -2.51. The molecule has 10 heterocycles. The van der Waals surface area contributed by atoms with Crippen molar-refractivity contribution in [3.05, 3.63) is 143 Å². The van der Waals surface area contributed by atoms with Crippen molar-refractivity contribution in [1.82, 2.24) is 65.1 Å². The SMILES string of the molecule is CO[C@H]1C[C@@H]2CC[C@@H](C)[C@@](O)(O2)C(=O)C(=O)N2CCCC[C@H]2C(=O)O[C@H]([C@H](N)C[C@@H]2CC[C@@H](OC(=O)NCc3cnc(N4CCN(c5ncc(C(=O)NCCOCCOCCC(=O)N6CCc7cc(Cn8nc(-c9ccc%10oc(N)nc%10c9)c9c(N)ncnc98)ccc7C6)cn5)CC4)nc3)[C@H](OC)C2)CC(=O)[C@H](C)/C=C(\C)[C@@H](O)[C@@H](OC)C(=O)[C@H](C)C[C@H](C)/C=C/C=C/C=C/1C. The van der Waals surface area contributed by atoms with E-state index in [9.17, 15) is 48.6 Å². The number of aliphatic hydroxyl groups excluding tert-OH is 1. The first-order valence-corrected chi connectivity index (χ1v) is 45.3. The number of carbonyl (C=O) groups excluding carboxylic acids is 8. The van der Waals surface area contributed by atoms with Crippen molar-refractivity contribution in [2.24, 2.45) is 35.3 Å². The van der Waals surface area contributed by atoms with Crippen LogP contribution >= 0.6 is 0 Å². The highest BCUT2D eigenvalue weighted by Crippen LogP contribution is 2.40. The monoisotopic (exact) mass is 1810 g/mol. The maximum atomic E-state index is 14.8. The molecule has 0 radical (unpaired) electrons. The molecule has 4 fully saturated rings. The molecule has 3 saturated heterocycles. The number of amides is 4. The molecular weight excluding hydrogens is 1690 g/mol. The molecule has 6 aliphatic rings. The van der Waals surface area contributed by atoms with Crippen LogP contribution in [0.5, 0.6) is 0 Å². The third-order valence-electron chi connectivity index (χ3n) is 25.9. The zero-order valence-corrected chi connectivity index (χ0v) is 76.1. The second-order valence-electron chi connectivity index (χ2n) is 35.2. The summed E-state index contributed by atoms with van der Waals surface area (Å²) < 4.78 is 54.7. The van der Waals surface area contributed by atoms with Gasteiger partial charge in [0.15, 0.2) is 17.0 Å². The van der Waals surface area contributed by atoms with E-state index in [0.29, 0.717) is 166 Å². The molecule has 2 aromatic carbocycles. The van der Waals surface area contributed by atoms with Crippen molar-refractivity contribution < 1.29 is 90.9 Å². The Hall–Kier alpha value is -11.4. The molecule has 13 rings (SSSR count). The number of nitrogens with zero attached hydrogens (tertiary/aromatic N) is 13. The number of hydrogen-bond acceptors (Lipinski definition) is 32. The molecule has 15 atom stereocenters. The average molecular weight is 1810 g/mol. The van der Waals surface area contributed by atoms with Gasteiger partial charge in [0.25, 0.3) is 23.6 Å². The Morgan fingerprint density at radius 1 is 0.733 bits per heavy atom. The zero-order valence-electron chi connectivity index (χ0n) is 76.1. The largest absolute Gasteiger partial charge is 0.459 e. The lowest BCUT2D eigenvalue weighted by atomic mass is 9.80. The Labute approximate surface area is 761 Å². The molecule has 7 aromatic rings. The number of nitrogens with two attached hydrogens (primary N) is 3. The second-order valence-corrected chi connectivity index (χ2v) is 35.2. The topological polar surface area (TPSA) is 487 Å². The minimum Gasteiger partial charge on any atom is -0.459 e. The van der Waals surface area contributed by atoms with Crippen molar-refractivity contribution in [2.75, 3.05) is 115 Å². The Kier molecular flexibility index (Phi) is 33.5. The van der Waals surface area contributed by atoms with Crippen molar-refractivity contribution in [2.45, 2.75) is 212 Å². The maximum Gasteiger partial charge on any atom is 0.407 e. The van der Waals surface area contributed by atoms with Crippen LogP contribution < -0.4 is 37.6 Å². The highest BCUT2D eigenvalue weighted by Gasteiger charge is 2.53. The first kappa shape index (κ1) is 97.1. The molecule has 4 amide bonds. The molecule has 0 unspecified atom stereocenters. The summed E-state index contributed by atoms with van der Waals surface area (Å²) in [5.74, 6) is -7.87. The van der Waals surface area contributed by atoms with Gasteiger partial charge in [-0.25, -0.2) is 44.2 Å². The standard InChI is InChI=1S/C94H124N18O19/c1-55-15-11-10-12-16-56(2)75(123-7)45-68-23-18-60(6)94(122,131-68)84(117)88(119)111-29-14-13-17-71(111)89(120)128-76(46-72(113)57(3)40-59(5)82(116)83(125-9)81(115)58(4)39-55)69(95)42-61-20-24-74(77(43-61)124-8)130-93(121)103-49-63-47-99-91(100-48-63)108-31-33-109(34-32-108)92-101-50-67(51-102-92)87(118)98-28-36-127-38-37-126-35-27-78(114)110-30-26-64-41-62(19-21-66(64)53-110)52-112-86-79(85(96)104-54-105-86)80(107-112)65-22-25-73-70(44-65)106-90(97)129-73/h10-12,15-16,19,21-22,25,40-41,44,47-48,50-51,54-55,57-58,60-61,68-69,71,74-77,82-83,116,122H,13-14,17-18,20,23-24,26-39,42-43,45-46,49,52-53,95H2,1-9H3,(H2,97,106)(H,98,118)(H,103,121)(H2,96,104,105)/b12-10+,15-11+,56-16+,59-40+/t55-,57-,58-,60-,61+,68+,69-,71+,74-,75+,76+,77-,82-,83+,94-/m1/s1. The zero-order chi connectivity index (χ0) is 93.2. The van der Waals surface area contributed by atoms with Crippen LogP contribution in [0, 0.1) is 29.6 Å². The number of nitrogens with one attached hydrogen (secondary N) is 2. The summed E-state index contributed by atoms with van der Waals surface area (Å²) in [7, 11) is 4.43. The van der Waals surface area contributed by atoms with Crippen molar-refractivity contribution in [3.8, 4) is 11.3 Å². The number of esters is 1. The number of Topliss-reactive ketones (excluding diaryl/α,β-unsaturated/α-hetero) is 3. The molecule has 1 saturated carbocycles. The third-order valence-corrected chi connectivity index (χ3v) is 25.9. The fourth-order valence-electron chi connectivity index (χ4n) is 18.2. The van der Waals surface area contributed by atoms with Gasteiger partial charge in [-0.2, -0.15) is 10.1 Å². The number of rotatable bonds is 24. The Morgan fingerprint density at radius 2 is 1.47 bits per heavy atom. The number of ether oxygens (including phenoxy) is 8. The highest BCUT2D eigenvalue weighted by molar-refractivity contribution is 6.39. The van der Waals surface area contributed by atoms with Crippen LogP contribution in [0.4, 0.5) is 28.5 Å². The van der Waals surface area contributed by atoms with Crippen molar-refractivity contribution in [1.29, 1.82) is 0 Å². The summed E-state index contributed by atoms with van der Waals surface area (Å²) >= 11 is 0. The fourth-order valence-corrected chi connectivity index (χ4v) is 18.2. The molecule has 1 aliphatic carbocycles. The number of piperazine rings is 1. The summed E-state index contributed by atoms with van der Waals surface area (Å²) in [6, 6.07) is 9.59. The molecule has 704 valence electrons. The van der Waals surface area contributed by atoms with E-state index in [1.807, 2.05) is 81.8 Å². The third kappa shape index (κ3) is 24.5. The summed E-state index contributed by atoms with van der Waals surface area (Å²) in [6.07, 6.45) is 16.4. The number of aromatic nitrogens is 9. The van der Waals surface area contributed by atoms with Crippen LogP contribution in [0.2, 0.25) is 0 Å². The molecular formula is C94H124N18O19. The minimum absolute atomic E-state index is 0.000948. The average Bonchev–Trinajstić information content (AvgIpc) is 1.64. The molecule has 0 spiro atoms. The predicted octanol–water partition coefficient (Wildman–Crippen LogP) is 7.61. The number of ketones is 3. The number of allylic oxidation sites excluding steroid dienone is 6. The number of oxazole rings is 1. The number of piperidine rings is 1. The second kappa shape index (κ2) is 45.1. The molecule has 37 heteroatoms. The van der Waals surface area contributed by atoms with E-state index >= 15 is 0 Å². The number of aliphatic hydroxyl groups is 2. The number of carbonyl (C=O) groups is 8. The fraction of sp³-hybridized carbons (Fsp3) is 0.553. The first-order chi connectivity index (χ1) is 63.1. The molecule has 37 nitrogen and oxygen atoms in total.